The van der Waals surface area contributed by atoms with Crippen LogP contribution in [0.2, 0.25) is 0 Å². The van der Waals surface area contributed by atoms with Crippen LogP contribution in [0.1, 0.15) is 24.8 Å². The van der Waals surface area contributed by atoms with Crippen molar-refractivity contribution in [3.05, 3.63) is 29.8 Å². The van der Waals surface area contributed by atoms with Gasteiger partial charge in [-0.2, -0.15) is 11.8 Å². The number of nitrogens with one attached hydrogen (secondary N) is 1. The normalized spacial score (nSPS) is 19.4. The summed E-state index contributed by atoms with van der Waals surface area (Å²) in [5.74, 6) is 1.29. The van der Waals surface area contributed by atoms with Crippen LogP contribution < -0.4 is 5.32 Å². The van der Waals surface area contributed by atoms with E-state index in [0.717, 1.165) is 0 Å². The van der Waals surface area contributed by atoms with E-state index in [1.165, 1.54) is 42.7 Å². The first-order chi connectivity index (χ1) is 7.40. The van der Waals surface area contributed by atoms with Crippen LogP contribution in [0.4, 0.5) is 5.69 Å². The van der Waals surface area contributed by atoms with Gasteiger partial charge in [-0.1, -0.05) is 18.2 Å². The van der Waals surface area contributed by atoms with Gasteiger partial charge in [0.15, 0.2) is 0 Å². The molecule has 82 valence electrons. The van der Waals surface area contributed by atoms with Gasteiger partial charge in [-0.3, -0.25) is 0 Å². The lowest BCUT2D eigenvalue weighted by Gasteiger charge is -2.26. The van der Waals surface area contributed by atoms with Gasteiger partial charge in [-0.05, 0) is 49.3 Å². The van der Waals surface area contributed by atoms with Crippen molar-refractivity contribution in [2.24, 2.45) is 0 Å². The van der Waals surface area contributed by atoms with Gasteiger partial charge in [0.25, 0.3) is 0 Å². The van der Waals surface area contributed by atoms with E-state index >= 15 is 0 Å². The Bertz CT molecular complexity index is 311. The molecule has 0 aromatic heterocycles. The van der Waals surface area contributed by atoms with Crippen LogP contribution in [0.15, 0.2) is 24.3 Å². The number of thioether (sulfide) groups is 1. The first-order valence-corrected chi connectivity index (χ1v) is 7.13. The molecule has 1 aliphatic heterocycles. The Kier molecular flexibility index (Phi) is 3.95. The average Bonchev–Trinajstić information content (AvgIpc) is 2.29. The van der Waals surface area contributed by atoms with Crippen molar-refractivity contribution in [2.75, 3.05) is 17.3 Å². The molecule has 2 heteroatoms. The molecule has 1 unspecified atom stereocenters. The Hall–Kier alpha value is -0.630. The number of rotatable bonds is 4. The lowest BCUT2D eigenvalue weighted by molar-refractivity contribution is 0.581. The van der Waals surface area contributed by atoms with Gasteiger partial charge in [-0.15, -0.1) is 0 Å². The van der Waals surface area contributed by atoms with Crippen LogP contribution in [0.25, 0.3) is 0 Å². The molecule has 0 amide bonds. The molecular weight excluding hydrogens is 202 g/mol. The third-order valence-electron chi connectivity index (χ3n) is 3.04. The topological polar surface area (TPSA) is 12.0 Å². The largest absolute Gasteiger partial charge is 0.382 e. The fourth-order valence-corrected chi connectivity index (χ4v) is 2.65. The monoisotopic (exact) mass is 221 g/mol. The van der Waals surface area contributed by atoms with Gasteiger partial charge >= 0.3 is 0 Å². The Morgan fingerprint density at radius 1 is 1.40 bits per heavy atom. The molecule has 0 saturated heterocycles. The van der Waals surface area contributed by atoms with E-state index in [0.29, 0.717) is 6.04 Å². The van der Waals surface area contributed by atoms with E-state index in [9.17, 15) is 0 Å². The number of anilines is 1. The fourth-order valence-electron chi connectivity index (χ4n) is 2.19. The maximum Gasteiger partial charge on any atom is 0.0374 e. The minimum Gasteiger partial charge on any atom is -0.382 e. The minimum atomic E-state index is 0.701. The number of hydrogen-bond acceptors (Lipinski definition) is 2. The van der Waals surface area contributed by atoms with Gasteiger partial charge in [0, 0.05) is 11.7 Å². The van der Waals surface area contributed by atoms with Crippen molar-refractivity contribution in [3.63, 3.8) is 0 Å². The summed E-state index contributed by atoms with van der Waals surface area (Å²) in [6.45, 7) is 0. The zero-order valence-electron chi connectivity index (χ0n) is 9.33. The quantitative estimate of drug-likeness (QED) is 0.780. The van der Waals surface area contributed by atoms with Crippen molar-refractivity contribution in [1.82, 2.24) is 0 Å². The maximum absolute atomic E-state index is 3.65. The number of hydrogen-bond donors (Lipinski definition) is 1. The van der Waals surface area contributed by atoms with E-state index in [1.807, 2.05) is 11.8 Å². The highest BCUT2D eigenvalue weighted by molar-refractivity contribution is 7.98. The predicted molar refractivity (Wildman–Crippen MR) is 69.8 cm³/mol. The fraction of sp³-hybridized carbons (Fsp3) is 0.538. The molecule has 1 atom stereocenters. The van der Waals surface area contributed by atoms with Gasteiger partial charge in [-0.25, -0.2) is 0 Å². The summed E-state index contributed by atoms with van der Waals surface area (Å²) in [6.07, 6.45) is 7.37. The van der Waals surface area contributed by atoms with Crippen LogP contribution >= 0.6 is 11.8 Å². The molecule has 1 aliphatic rings. The van der Waals surface area contributed by atoms with Crippen molar-refractivity contribution in [2.45, 2.75) is 31.7 Å². The summed E-state index contributed by atoms with van der Waals surface area (Å²) in [5.41, 5.74) is 2.84. The van der Waals surface area contributed by atoms with E-state index in [1.54, 1.807) is 0 Å². The molecule has 1 heterocycles. The van der Waals surface area contributed by atoms with Gasteiger partial charge in [0.2, 0.25) is 0 Å². The SMILES string of the molecule is CSCCCC1CCc2ccccc2N1. The average molecular weight is 221 g/mol. The first kappa shape index (κ1) is 10.9. The minimum absolute atomic E-state index is 0.701. The predicted octanol–water partition coefficient (Wildman–Crippen LogP) is 3.56. The summed E-state index contributed by atoms with van der Waals surface area (Å²) >= 11 is 1.95. The standard InChI is InChI=1S/C13H19NS/c1-15-10-4-6-12-9-8-11-5-2-3-7-13(11)14-12/h2-3,5,7,12,14H,4,6,8-10H2,1H3. The molecule has 2 rings (SSSR count). The molecule has 1 nitrogen and oxygen atoms in total. The zero-order chi connectivity index (χ0) is 10.5. The molecule has 0 fully saturated rings. The summed E-state index contributed by atoms with van der Waals surface area (Å²) in [4.78, 5) is 0. The van der Waals surface area contributed by atoms with Crippen molar-refractivity contribution >= 4 is 17.4 Å². The number of para-hydroxylation sites is 1. The summed E-state index contributed by atoms with van der Waals surface area (Å²) in [5, 5.41) is 3.65. The van der Waals surface area contributed by atoms with Crippen molar-refractivity contribution < 1.29 is 0 Å². The number of fused-ring (bicyclic) bond motifs is 1. The van der Waals surface area contributed by atoms with E-state index in [-0.39, 0.29) is 0 Å². The van der Waals surface area contributed by atoms with E-state index < -0.39 is 0 Å². The van der Waals surface area contributed by atoms with Crippen molar-refractivity contribution in [3.8, 4) is 0 Å². The molecule has 0 spiro atoms. The highest BCUT2D eigenvalue weighted by atomic mass is 32.2. The molecule has 1 aromatic rings. The van der Waals surface area contributed by atoms with Crippen LogP contribution in [-0.4, -0.2) is 18.1 Å². The Balaban J connectivity index is 1.88. The molecule has 1 N–H and O–H groups in total. The van der Waals surface area contributed by atoms with Gasteiger partial charge < -0.3 is 5.32 Å². The summed E-state index contributed by atoms with van der Waals surface area (Å²) in [7, 11) is 0. The van der Waals surface area contributed by atoms with Crippen LogP contribution in [-0.2, 0) is 6.42 Å². The van der Waals surface area contributed by atoms with Crippen LogP contribution in [0.5, 0.6) is 0 Å². The highest BCUT2D eigenvalue weighted by Gasteiger charge is 2.16. The van der Waals surface area contributed by atoms with E-state index in [2.05, 4.69) is 35.8 Å². The van der Waals surface area contributed by atoms with Crippen LogP contribution in [0, 0.1) is 0 Å². The molecule has 15 heavy (non-hydrogen) atoms. The van der Waals surface area contributed by atoms with Gasteiger partial charge in [0.05, 0.1) is 0 Å². The highest BCUT2D eigenvalue weighted by Crippen LogP contribution is 2.26. The molecule has 0 bridgehead atoms. The molecule has 0 aliphatic carbocycles. The third kappa shape index (κ3) is 2.91. The second kappa shape index (κ2) is 5.45. The van der Waals surface area contributed by atoms with Gasteiger partial charge in [0.1, 0.15) is 0 Å². The smallest absolute Gasteiger partial charge is 0.0374 e. The molecule has 1 aromatic carbocycles. The third-order valence-corrected chi connectivity index (χ3v) is 3.74. The van der Waals surface area contributed by atoms with Crippen LogP contribution in [0.3, 0.4) is 0 Å². The second-order valence-corrected chi connectivity index (χ2v) is 5.16. The number of benzene rings is 1. The summed E-state index contributed by atoms with van der Waals surface area (Å²) in [6, 6.07) is 9.40. The maximum atomic E-state index is 3.65. The summed E-state index contributed by atoms with van der Waals surface area (Å²) < 4.78 is 0. The lowest BCUT2D eigenvalue weighted by atomic mass is 9.96. The molecular formula is C13H19NS. The number of aryl methyl sites for hydroxylation is 1. The van der Waals surface area contributed by atoms with E-state index in [4.69, 9.17) is 0 Å². The Morgan fingerprint density at radius 2 is 2.27 bits per heavy atom. The lowest BCUT2D eigenvalue weighted by Crippen LogP contribution is -2.25. The second-order valence-electron chi connectivity index (χ2n) is 4.17. The zero-order valence-corrected chi connectivity index (χ0v) is 10.1. The Labute approximate surface area is 96.7 Å². The molecule has 0 saturated carbocycles. The first-order valence-electron chi connectivity index (χ1n) is 5.73. The Morgan fingerprint density at radius 3 is 3.13 bits per heavy atom. The molecule has 0 radical (unpaired) electrons. The van der Waals surface area contributed by atoms with Crippen molar-refractivity contribution in [1.29, 1.82) is 0 Å².